The van der Waals surface area contributed by atoms with E-state index in [1.165, 1.54) is 6.07 Å². The fourth-order valence-electron chi connectivity index (χ4n) is 2.74. The van der Waals surface area contributed by atoms with Gasteiger partial charge < -0.3 is 15.0 Å². The molecule has 0 radical (unpaired) electrons. The third-order valence-corrected chi connectivity index (χ3v) is 4.65. The van der Waals surface area contributed by atoms with Crippen molar-refractivity contribution in [1.29, 1.82) is 0 Å². The zero-order chi connectivity index (χ0) is 18.5. The second-order valence-electron chi connectivity index (χ2n) is 5.98. The van der Waals surface area contributed by atoms with Gasteiger partial charge in [-0.3, -0.25) is 9.59 Å². The molecule has 26 heavy (non-hydrogen) atoms. The van der Waals surface area contributed by atoms with Crippen LogP contribution in [0.4, 0.5) is 5.69 Å². The molecular formula is C19H18Cl2N2O3. The summed E-state index contributed by atoms with van der Waals surface area (Å²) in [6.07, 6.45) is 2.08. The SMILES string of the molecule is O=C(Nc1cccc(OCC(=O)N2CCCC2)c1)c1cc(Cl)ccc1Cl. The molecule has 136 valence electrons. The topological polar surface area (TPSA) is 58.6 Å². The van der Waals surface area contributed by atoms with Crippen molar-refractivity contribution in [2.24, 2.45) is 0 Å². The molecule has 2 amide bonds. The van der Waals surface area contributed by atoms with Gasteiger partial charge in [-0.2, -0.15) is 0 Å². The van der Waals surface area contributed by atoms with Crippen LogP contribution in [0.5, 0.6) is 5.75 Å². The van der Waals surface area contributed by atoms with E-state index in [0.717, 1.165) is 25.9 Å². The lowest BCUT2D eigenvalue weighted by Gasteiger charge is -2.16. The smallest absolute Gasteiger partial charge is 0.260 e. The summed E-state index contributed by atoms with van der Waals surface area (Å²) in [6.45, 7) is 1.56. The molecule has 1 aliphatic heterocycles. The molecule has 3 rings (SSSR count). The first-order valence-electron chi connectivity index (χ1n) is 8.30. The van der Waals surface area contributed by atoms with Crippen molar-refractivity contribution < 1.29 is 14.3 Å². The van der Waals surface area contributed by atoms with Crippen molar-refractivity contribution in [2.75, 3.05) is 25.0 Å². The molecule has 1 N–H and O–H groups in total. The number of hydrogen-bond acceptors (Lipinski definition) is 3. The van der Waals surface area contributed by atoms with Gasteiger partial charge in [0.25, 0.3) is 11.8 Å². The lowest BCUT2D eigenvalue weighted by atomic mass is 10.2. The second-order valence-corrected chi connectivity index (χ2v) is 6.83. The number of carbonyl (C=O) groups excluding carboxylic acids is 2. The van der Waals surface area contributed by atoms with E-state index >= 15 is 0 Å². The predicted molar refractivity (Wildman–Crippen MR) is 102 cm³/mol. The molecule has 0 unspecified atom stereocenters. The number of rotatable bonds is 5. The largest absolute Gasteiger partial charge is 0.484 e. The Labute approximate surface area is 161 Å². The average Bonchev–Trinajstić information content (AvgIpc) is 3.17. The lowest BCUT2D eigenvalue weighted by Crippen LogP contribution is -2.32. The summed E-state index contributed by atoms with van der Waals surface area (Å²) in [5, 5.41) is 3.50. The highest BCUT2D eigenvalue weighted by Gasteiger charge is 2.18. The first-order valence-corrected chi connectivity index (χ1v) is 9.05. The molecule has 2 aromatic rings. The molecule has 0 aliphatic carbocycles. The van der Waals surface area contributed by atoms with Crippen LogP contribution in [0.25, 0.3) is 0 Å². The molecule has 0 atom stereocenters. The number of benzene rings is 2. The van der Waals surface area contributed by atoms with E-state index in [4.69, 9.17) is 27.9 Å². The number of ether oxygens (including phenoxy) is 1. The Balaban J connectivity index is 1.62. The standard InChI is InChI=1S/C19H18Cl2N2O3/c20-13-6-7-17(21)16(10-13)19(25)22-14-4-3-5-15(11-14)26-12-18(24)23-8-1-2-9-23/h3-7,10-11H,1-2,8-9,12H2,(H,22,25). The minimum Gasteiger partial charge on any atom is -0.484 e. The van der Waals surface area contributed by atoms with Gasteiger partial charge in [-0.05, 0) is 43.2 Å². The quantitative estimate of drug-likeness (QED) is 0.827. The summed E-state index contributed by atoms with van der Waals surface area (Å²) in [5.74, 6) is 0.109. The van der Waals surface area contributed by atoms with Crippen LogP contribution in [0, 0.1) is 0 Å². The second kappa shape index (κ2) is 8.43. The molecule has 0 saturated carbocycles. The molecule has 1 heterocycles. The van der Waals surface area contributed by atoms with Gasteiger partial charge in [0.05, 0.1) is 10.6 Å². The highest BCUT2D eigenvalue weighted by atomic mass is 35.5. The number of carbonyl (C=O) groups is 2. The summed E-state index contributed by atoms with van der Waals surface area (Å²) in [4.78, 5) is 26.2. The fourth-order valence-corrected chi connectivity index (χ4v) is 3.11. The molecule has 1 fully saturated rings. The van der Waals surface area contributed by atoms with Gasteiger partial charge in [0.2, 0.25) is 0 Å². The summed E-state index contributed by atoms with van der Waals surface area (Å²) in [7, 11) is 0. The van der Waals surface area contributed by atoms with Crippen LogP contribution in [0.3, 0.4) is 0 Å². The van der Waals surface area contributed by atoms with E-state index < -0.39 is 0 Å². The number of anilines is 1. The number of nitrogens with zero attached hydrogens (tertiary/aromatic N) is 1. The lowest BCUT2D eigenvalue weighted by molar-refractivity contribution is -0.132. The van der Waals surface area contributed by atoms with Gasteiger partial charge in [0.15, 0.2) is 6.61 Å². The van der Waals surface area contributed by atoms with Crippen LogP contribution in [0.1, 0.15) is 23.2 Å². The summed E-state index contributed by atoms with van der Waals surface area (Å²) in [5.41, 5.74) is 0.826. The maximum Gasteiger partial charge on any atom is 0.260 e. The van der Waals surface area contributed by atoms with Gasteiger partial charge in [-0.25, -0.2) is 0 Å². The van der Waals surface area contributed by atoms with Crippen molar-refractivity contribution >= 4 is 40.7 Å². The van der Waals surface area contributed by atoms with Crippen molar-refractivity contribution in [2.45, 2.75) is 12.8 Å². The highest BCUT2D eigenvalue weighted by Crippen LogP contribution is 2.23. The minimum absolute atomic E-state index is 0.0163. The molecule has 0 aromatic heterocycles. The van der Waals surface area contributed by atoms with Crippen LogP contribution >= 0.6 is 23.2 Å². The van der Waals surface area contributed by atoms with E-state index in [1.807, 2.05) is 0 Å². The Bertz CT molecular complexity index is 820. The molecule has 1 aliphatic rings. The van der Waals surface area contributed by atoms with E-state index in [0.29, 0.717) is 21.5 Å². The number of amides is 2. The predicted octanol–water partition coefficient (Wildman–Crippen LogP) is 4.25. The number of halogens is 2. The van der Waals surface area contributed by atoms with Crippen LogP contribution in [-0.4, -0.2) is 36.4 Å². The normalized spacial score (nSPS) is 13.5. The third kappa shape index (κ3) is 4.68. The molecular weight excluding hydrogens is 375 g/mol. The van der Waals surface area contributed by atoms with Crippen molar-refractivity contribution in [1.82, 2.24) is 4.90 Å². The maximum atomic E-state index is 12.4. The van der Waals surface area contributed by atoms with Crippen LogP contribution in [-0.2, 0) is 4.79 Å². The molecule has 0 spiro atoms. The Morgan fingerprint density at radius 3 is 2.62 bits per heavy atom. The Hall–Kier alpha value is -2.24. The summed E-state index contributed by atoms with van der Waals surface area (Å²) in [6, 6.07) is 11.6. The fraction of sp³-hybridized carbons (Fsp3) is 0.263. The van der Waals surface area contributed by atoms with Gasteiger partial charge in [-0.15, -0.1) is 0 Å². The van der Waals surface area contributed by atoms with Crippen molar-refractivity contribution in [3.05, 3.63) is 58.1 Å². The van der Waals surface area contributed by atoms with Gasteiger partial charge >= 0.3 is 0 Å². The number of hydrogen-bond donors (Lipinski definition) is 1. The minimum atomic E-state index is -0.372. The van der Waals surface area contributed by atoms with E-state index in [-0.39, 0.29) is 24.0 Å². The monoisotopic (exact) mass is 392 g/mol. The third-order valence-electron chi connectivity index (χ3n) is 4.09. The first-order chi connectivity index (χ1) is 12.5. The van der Waals surface area contributed by atoms with Crippen molar-refractivity contribution in [3.63, 3.8) is 0 Å². The van der Waals surface area contributed by atoms with Gasteiger partial charge in [0.1, 0.15) is 5.75 Å². The summed E-state index contributed by atoms with van der Waals surface area (Å²) >= 11 is 12.0. The number of likely N-dealkylation sites (tertiary alicyclic amines) is 1. The van der Waals surface area contributed by atoms with Gasteiger partial charge in [-0.1, -0.05) is 29.3 Å². The molecule has 0 bridgehead atoms. The summed E-state index contributed by atoms with van der Waals surface area (Å²) < 4.78 is 5.56. The molecule has 2 aromatic carbocycles. The highest BCUT2D eigenvalue weighted by molar-refractivity contribution is 6.36. The molecule has 5 nitrogen and oxygen atoms in total. The van der Waals surface area contributed by atoms with E-state index in [9.17, 15) is 9.59 Å². The average molecular weight is 393 g/mol. The van der Waals surface area contributed by atoms with Gasteiger partial charge in [0, 0.05) is 29.9 Å². The van der Waals surface area contributed by atoms with E-state index in [2.05, 4.69) is 5.32 Å². The van der Waals surface area contributed by atoms with Crippen LogP contribution in [0.2, 0.25) is 10.0 Å². The Morgan fingerprint density at radius 1 is 1.08 bits per heavy atom. The Morgan fingerprint density at radius 2 is 1.85 bits per heavy atom. The molecule has 1 saturated heterocycles. The zero-order valence-electron chi connectivity index (χ0n) is 14.0. The first kappa shape index (κ1) is 18.5. The van der Waals surface area contributed by atoms with E-state index in [1.54, 1.807) is 41.3 Å². The Kier molecular flexibility index (Phi) is 6.01. The van der Waals surface area contributed by atoms with Crippen molar-refractivity contribution in [3.8, 4) is 5.75 Å². The van der Waals surface area contributed by atoms with Crippen LogP contribution < -0.4 is 10.1 Å². The zero-order valence-corrected chi connectivity index (χ0v) is 15.5. The number of nitrogens with one attached hydrogen (secondary N) is 1. The van der Waals surface area contributed by atoms with Crippen LogP contribution in [0.15, 0.2) is 42.5 Å². The maximum absolute atomic E-state index is 12.4. The molecule has 7 heteroatoms.